The second-order valence-corrected chi connectivity index (χ2v) is 5.19. The van der Waals surface area contributed by atoms with Crippen molar-refractivity contribution in [3.63, 3.8) is 0 Å². The molecule has 110 valence electrons. The van der Waals surface area contributed by atoms with Crippen molar-refractivity contribution in [3.05, 3.63) is 34.4 Å². The molecule has 0 spiro atoms. The fourth-order valence-corrected chi connectivity index (χ4v) is 2.54. The van der Waals surface area contributed by atoms with Crippen LogP contribution in [0, 0.1) is 16.0 Å². The van der Waals surface area contributed by atoms with Crippen LogP contribution in [0.1, 0.15) is 0 Å². The summed E-state index contributed by atoms with van der Waals surface area (Å²) < 4.78 is 48.9. The van der Waals surface area contributed by atoms with Gasteiger partial charge in [0.25, 0.3) is 5.69 Å². The van der Waals surface area contributed by atoms with E-state index in [0.717, 1.165) is 24.3 Å². The molecule has 2 unspecified atom stereocenters. The minimum Gasteiger partial charge on any atom is -0.481 e. The van der Waals surface area contributed by atoms with E-state index in [4.69, 9.17) is 5.11 Å². The molecular weight excluding hydrogens is 303 g/mol. The lowest BCUT2D eigenvalue weighted by Gasteiger charge is -2.15. The zero-order chi connectivity index (χ0) is 15.5. The summed E-state index contributed by atoms with van der Waals surface area (Å²) in [6, 6.07) is 4.03. The van der Waals surface area contributed by atoms with Gasteiger partial charge in [0, 0.05) is 17.0 Å². The van der Waals surface area contributed by atoms with Gasteiger partial charge in [-0.1, -0.05) is 0 Å². The quantitative estimate of drug-likeness (QED) is 0.662. The van der Waals surface area contributed by atoms with Gasteiger partial charge in [0.1, 0.15) is 0 Å². The Labute approximate surface area is 112 Å². The highest BCUT2D eigenvalue weighted by atomic mass is 32.2. The highest BCUT2D eigenvalue weighted by Gasteiger charge is 2.46. The van der Waals surface area contributed by atoms with Crippen LogP contribution in [0.2, 0.25) is 0 Å². The van der Waals surface area contributed by atoms with Crippen LogP contribution >= 0.6 is 0 Å². The minimum atomic E-state index is -5.01. The Balaban J connectivity index is 2.90. The number of hydrogen-bond donors (Lipinski definition) is 1. The van der Waals surface area contributed by atoms with E-state index >= 15 is 0 Å². The summed E-state index contributed by atoms with van der Waals surface area (Å²) in [7, 11) is -2.23. The molecule has 2 atom stereocenters. The molecule has 0 aromatic heterocycles. The Bertz CT molecular complexity index is 543. The van der Waals surface area contributed by atoms with Crippen LogP contribution in [0.5, 0.6) is 0 Å². The third-order valence-electron chi connectivity index (χ3n) is 2.32. The van der Waals surface area contributed by atoms with E-state index in [1.54, 1.807) is 0 Å². The van der Waals surface area contributed by atoms with Crippen LogP contribution in [-0.4, -0.2) is 32.1 Å². The lowest BCUT2D eigenvalue weighted by Crippen LogP contribution is -2.35. The van der Waals surface area contributed by atoms with E-state index in [2.05, 4.69) is 0 Å². The molecule has 1 aromatic carbocycles. The number of carbonyl (C=O) groups is 1. The molecule has 10 heteroatoms. The van der Waals surface area contributed by atoms with Crippen molar-refractivity contribution in [2.75, 3.05) is 5.75 Å². The van der Waals surface area contributed by atoms with Crippen molar-refractivity contribution in [3.8, 4) is 0 Å². The van der Waals surface area contributed by atoms with Crippen LogP contribution < -0.4 is 0 Å². The van der Waals surface area contributed by atoms with Crippen molar-refractivity contribution < 1.29 is 32.2 Å². The SMILES string of the molecule is O=C(O)C(CS(=O)c1ccc([N+](=O)[O-])cc1)C(F)(F)F. The van der Waals surface area contributed by atoms with Gasteiger partial charge in [0.05, 0.1) is 21.5 Å². The number of carboxylic acid groups (broad SMARTS) is 1. The maximum Gasteiger partial charge on any atom is 0.403 e. The number of nitro benzene ring substituents is 1. The Morgan fingerprint density at radius 2 is 1.85 bits per heavy atom. The number of carboxylic acids is 1. The smallest absolute Gasteiger partial charge is 0.403 e. The van der Waals surface area contributed by atoms with E-state index in [0.29, 0.717) is 0 Å². The van der Waals surface area contributed by atoms with Crippen molar-refractivity contribution in [1.29, 1.82) is 0 Å². The van der Waals surface area contributed by atoms with E-state index < -0.39 is 39.5 Å². The second-order valence-electron chi connectivity index (χ2n) is 3.70. The molecule has 0 aliphatic rings. The van der Waals surface area contributed by atoms with Gasteiger partial charge in [-0.3, -0.25) is 19.1 Å². The molecule has 0 aliphatic heterocycles. The summed E-state index contributed by atoms with van der Waals surface area (Å²) in [6.07, 6.45) is -5.01. The van der Waals surface area contributed by atoms with Crippen molar-refractivity contribution >= 4 is 22.5 Å². The van der Waals surface area contributed by atoms with Crippen LogP contribution in [-0.2, 0) is 15.6 Å². The number of nitro groups is 1. The topological polar surface area (TPSA) is 97.5 Å². The summed E-state index contributed by atoms with van der Waals surface area (Å²) in [5.41, 5.74) is -0.309. The van der Waals surface area contributed by atoms with Crippen LogP contribution in [0.15, 0.2) is 29.2 Å². The number of halogens is 3. The monoisotopic (exact) mass is 311 g/mol. The average molecular weight is 311 g/mol. The third-order valence-corrected chi connectivity index (χ3v) is 3.76. The molecule has 0 fully saturated rings. The van der Waals surface area contributed by atoms with Gasteiger partial charge in [-0.05, 0) is 12.1 Å². The molecule has 1 N–H and O–H groups in total. The van der Waals surface area contributed by atoms with Gasteiger partial charge in [-0.15, -0.1) is 0 Å². The Kier molecular flexibility index (Phi) is 4.82. The van der Waals surface area contributed by atoms with Gasteiger partial charge in [0.15, 0.2) is 5.92 Å². The highest BCUT2D eigenvalue weighted by molar-refractivity contribution is 7.85. The molecule has 20 heavy (non-hydrogen) atoms. The number of hydrogen-bond acceptors (Lipinski definition) is 4. The molecule has 0 heterocycles. The molecule has 6 nitrogen and oxygen atoms in total. The predicted molar refractivity (Wildman–Crippen MR) is 61.6 cm³/mol. The number of rotatable bonds is 5. The summed E-state index contributed by atoms with van der Waals surface area (Å²) in [4.78, 5) is 20.1. The second kappa shape index (κ2) is 5.99. The number of benzene rings is 1. The Morgan fingerprint density at radius 3 is 2.20 bits per heavy atom. The molecule has 1 aromatic rings. The zero-order valence-corrected chi connectivity index (χ0v) is 10.5. The van der Waals surface area contributed by atoms with Gasteiger partial charge in [0.2, 0.25) is 0 Å². The summed E-state index contributed by atoms with van der Waals surface area (Å²) in [5, 5.41) is 18.9. The van der Waals surface area contributed by atoms with Crippen molar-refractivity contribution in [1.82, 2.24) is 0 Å². The normalized spacial score (nSPS) is 14.6. The molecule has 0 saturated carbocycles. The first-order valence-corrected chi connectivity index (χ1v) is 6.37. The Hall–Kier alpha value is -1.97. The molecule has 0 bridgehead atoms. The number of aliphatic carboxylic acids is 1. The zero-order valence-electron chi connectivity index (χ0n) is 9.66. The van der Waals surface area contributed by atoms with Crippen LogP contribution in [0.25, 0.3) is 0 Å². The van der Waals surface area contributed by atoms with Crippen molar-refractivity contribution in [2.24, 2.45) is 5.92 Å². The van der Waals surface area contributed by atoms with E-state index in [9.17, 15) is 32.3 Å². The molecular formula is C10H8F3NO5S. The summed E-state index contributed by atoms with van der Waals surface area (Å²) in [6.45, 7) is 0. The number of non-ortho nitro benzene ring substituents is 1. The first-order valence-electron chi connectivity index (χ1n) is 5.05. The van der Waals surface area contributed by atoms with E-state index in [-0.39, 0.29) is 10.6 Å². The third kappa shape index (κ3) is 4.02. The molecule has 0 radical (unpaired) electrons. The van der Waals surface area contributed by atoms with Gasteiger partial charge < -0.3 is 5.11 Å². The van der Waals surface area contributed by atoms with Crippen molar-refractivity contribution in [2.45, 2.75) is 11.1 Å². The average Bonchev–Trinajstić information content (AvgIpc) is 2.33. The first kappa shape index (κ1) is 16.1. The lowest BCUT2D eigenvalue weighted by molar-refractivity contribution is -0.384. The highest BCUT2D eigenvalue weighted by Crippen LogP contribution is 2.28. The van der Waals surface area contributed by atoms with Crippen LogP contribution in [0.3, 0.4) is 0 Å². The largest absolute Gasteiger partial charge is 0.481 e. The number of nitrogens with zero attached hydrogens (tertiary/aromatic N) is 1. The van der Waals surface area contributed by atoms with Gasteiger partial charge in [-0.2, -0.15) is 13.2 Å². The molecule has 0 amide bonds. The van der Waals surface area contributed by atoms with E-state index in [1.165, 1.54) is 0 Å². The lowest BCUT2D eigenvalue weighted by atomic mass is 10.2. The minimum absolute atomic E-state index is 0.105. The molecule has 0 saturated heterocycles. The van der Waals surface area contributed by atoms with Gasteiger partial charge >= 0.3 is 12.1 Å². The maximum absolute atomic E-state index is 12.4. The summed E-state index contributed by atoms with van der Waals surface area (Å²) in [5.74, 6) is -6.01. The van der Waals surface area contributed by atoms with Gasteiger partial charge in [-0.25, -0.2) is 0 Å². The maximum atomic E-state index is 12.4. The number of alkyl halides is 3. The Morgan fingerprint density at radius 1 is 1.35 bits per heavy atom. The predicted octanol–water partition coefficient (Wildman–Crippen LogP) is 1.97. The summed E-state index contributed by atoms with van der Waals surface area (Å²) >= 11 is 0. The molecule has 1 rings (SSSR count). The fourth-order valence-electron chi connectivity index (χ4n) is 1.27. The first-order chi connectivity index (χ1) is 9.12. The molecule has 0 aliphatic carbocycles. The fraction of sp³-hybridized carbons (Fsp3) is 0.300. The standard InChI is InChI=1S/C10H8F3NO5S/c11-10(12,13)8(9(15)16)5-20(19)7-3-1-6(2-4-7)14(17)18/h1-4,8H,5H2,(H,15,16). The van der Waals surface area contributed by atoms with E-state index in [1.807, 2.05) is 0 Å². The van der Waals surface area contributed by atoms with Crippen LogP contribution in [0.4, 0.5) is 18.9 Å².